The molecule has 0 aromatic heterocycles. The molecule has 0 bridgehead atoms. The molecule has 0 saturated carbocycles. The lowest BCUT2D eigenvalue weighted by atomic mass is 10.0. The summed E-state index contributed by atoms with van der Waals surface area (Å²) in [5.41, 5.74) is 0.430. The third kappa shape index (κ3) is 2.48. The maximum absolute atomic E-state index is 13.7. The van der Waals surface area contributed by atoms with Gasteiger partial charge in [0.15, 0.2) is 11.6 Å². The van der Waals surface area contributed by atoms with E-state index in [1.165, 1.54) is 0 Å². The zero-order valence-corrected chi connectivity index (χ0v) is 10.2. The van der Waals surface area contributed by atoms with E-state index in [-0.39, 0.29) is 6.04 Å². The normalized spacial score (nSPS) is 22.1. The Bertz CT molecular complexity index is 389. The van der Waals surface area contributed by atoms with Crippen LogP contribution in [0.4, 0.5) is 8.78 Å². The molecule has 17 heavy (non-hydrogen) atoms. The van der Waals surface area contributed by atoms with Gasteiger partial charge in [-0.3, -0.25) is 4.90 Å². The van der Waals surface area contributed by atoms with Crippen LogP contribution < -0.4 is 5.32 Å². The Morgan fingerprint density at radius 1 is 1.41 bits per heavy atom. The molecule has 2 nitrogen and oxygen atoms in total. The average Bonchev–Trinajstić information content (AvgIpc) is 2.84. The summed E-state index contributed by atoms with van der Waals surface area (Å²) in [4.78, 5) is 2.11. The third-order valence-corrected chi connectivity index (χ3v) is 3.65. The Kier molecular flexibility index (Phi) is 3.74. The van der Waals surface area contributed by atoms with Gasteiger partial charge in [0.25, 0.3) is 0 Å². The first-order valence-electron chi connectivity index (χ1n) is 5.98. The molecule has 1 fully saturated rings. The van der Waals surface area contributed by atoms with Gasteiger partial charge in [0.1, 0.15) is 0 Å². The summed E-state index contributed by atoms with van der Waals surface area (Å²) in [6.07, 6.45) is 1.05. The monoisotopic (exact) mass is 240 g/mol. The van der Waals surface area contributed by atoms with Gasteiger partial charge in [-0.25, -0.2) is 8.78 Å². The van der Waals surface area contributed by atoms with Gasteiger partial charge >= 0.3 is 0 Å². The predicted molar refractivity (Wildman–Crippen MR) is 63.8 cm³/mol. The van der Waals surface area contributed by atoms with Crippen molar-refractivity contribution in [2.24, 2.45) is 0 Å². The molecule has 1 saturated heterocycles. The summed E-state index contributed by atoms with van der Waals surface area (Å²) in [6.45, 7) is 3.82. The van der Waals surface area contributed by atoms with E-state index in [1.54, 1.807) is 12.1 Å². The molecule has 1 aromatic carbocycles. The van der Waals surface area contributed by atoms with Gasteiger partial charge in [-0.05, 0) is 33.0 Å². The van der Waals surface area contributed by atoms with Crippen LogP contribution in [0.1, 0.15) is 24.9 Å². The van der Waals surface area contributed by atoms with Crippen LogP contribution in [0.15, 0.2) is 18.2 Å². The number of hydrogen-bond donors (Lipinski definition) is 1. The number of halogens is 2. The molecule has 1 aliphatic heterocycles. The van der Waals surface area contributed by atoms with Gasteiger partial charge in [-0.15, -0.1) is 0 Å². The molecule has 0 amide bonds. The second kappa shape index (κ2) is 5.10. The summed E-state index contributed by atoms with van der Waals surface area (Å²) in [7, 11) is 1.96. The molecular weight excluding hydrogens is 222 g/mol. The van der Waals surface area contributed by atoms with Crippen molar-refractivity contribution in [3.8, 4) is 0 Å². The summed E-state index contributed by atoms with van der Waals surface area (Å²) >= 11 is 0. The third-order valence-electron chi connectivity index (χ3n) is 3.65. The number of benzene rings is 1. The van der Waals surface area contributed by atoms with Gasteiger partial charge in [-0.1, -0.05) is 12.1 Å². The highest BCUT2D eigenvalue weighted by Gasteiger charge is 2.25. The van der Waals surface area contributed by atoms with Crippen LogP contribution in [-0.2, 0) is 0 Å². The van der Waals surface area contributed by atoms with Gasteiger partial charge in [-0.2, -0.15) is 0 Å². The average molecular weight is 240 g/mol. The maximum Gasteiger partial charge on any atom is 0.163 e. The Balaban J connectivity index is 2.18. The molecule has 2 atom stereocenters. The Morgan fingerprint density at radius 3 is 2.82 bits per heavy atom. The molecule has 94 valence electrons. The molecule has 4 heteroatoms. The summed E-state index contributed by atoms with van der Waals surface area (Å²) in [5.74, 6) is -1.50. The van der Waals surface area contributed by atoms with Crippen molar-refractivity contribution in [1.29, 1.82) is 0 Å². The van der Waals surface area contributed by atoms with Gasteiger partial charge in [0.05, 0.1) is 0 Å². The molecule has 0 aliphatic carbocycles. The highest BCUT2D eigenvalue weighted by molar-refractivity contribution is 5.22. The summed E-state index contributed by atoms with van der Waals surface area (Å²) < 4.78 is 26.9. The highest BCUT2D eigenvalue weighted by atomic mass is 19.2. The molecule has 0 spiro atoms. The fraction of sp³-hybridized carbons (Fsp3) is 0.538. The van der Waals surface area contributed by atoms with Crippen molar-refractivity contribution in [3.05, 3.63) is 35.4 Å². The van der Waals surface area contributed by atoms with Crippen molar-refractivity contribution < 1.29 is 8.78 Å². The van der Waals surface area contributed by atoms with Gasteiger partial charge in [0, 0.05) is 24.2 Å². The van der Waals surface area contributed by atoms with Crippen molar-refractivity contribution >= 4 is 0 Å². The fourth-order valence-corrected chi connectivity index (χ4v) is 2.37. The van der Waals surface area contributed by atoms with E-state index in [0.29, 0.717) is 11.6 Å². The standard InChI is InChI=1S/C13H18F2N2/c1-9(17(2)10-6-7-16-8-10)11-4-3-5-12(14)13(11)15/h3-5,9-10,16H,6-8H2,1-2H3. The molecule has 1 N–H and O–H groups in total. The van der Waals surface area contributed by atoms with Gasteiger partial charge in [0.2, 0.25) is 0 Å². The lowest BCUT2D eigenvalue weighted by molar-refractivity contribution is 0.192. The Hall–Kier alpha value is -1.00. The lowest BCUT2D eigenvalue weighted by Crippen LogP contribution is -2.35. The van der Waals surface area contributed by atoms with E-state index in [1.807, 2.05) is 14.0 Å². The first kappa shape index (κ1) is 12.5. The number of nitrogens with zero attached hydrogens (tertiary/aromatic N) is 1. The number of hydrogen-bond acceptors (Lipinski definition) is 2. The minimum absolute atomic E-state index is 0.115. The van der Waals surface area contributed by atoms with Crippen molar-refractivity contribution in [3.63, 3.8) is 0 Å². The minimum Gasteiger partial charge on any atom is -0.315 e. The smallest absolute Gasteiger partial charge is 0.163 e. The molecule has 2 unspecified atom stereocenters. The van der Waals surface area contributed by atoms with Crippen molar-refractivity contribution in [2.75, 3.05) is 20.1 Å². The number of rotatable bonds is 3. The first-order chi connectivity index (χ1) is 8.11. The van der Waals surface area contributed by atoms with Crippen LogP contribution >= 0.6 is 0 Å². The van der Waals surface area contributed by atoms with E-state index in [4.69, 9.17) is 0 Å². The van der Waals surface area contributed by atoms with Crippen LogP contribution in [0.5, 0.6) is 0 Å². The molecule has 1 heterocycles. The van der Waals surface area contributed by atoms with Gasteiger partial charge < -0.3 is 5.32 Å². The topological polar surface area (TPSA) is 15.3 Å². The zero-order chi connectivity index (χ0) is 12.4. The zero-order valence-electron chi connectivity index (χ0n) is 10.2. The maximum atomic E-state index is 13.7. The molecule has 2 rings (SSSR count). The van der Waals surface area contributed by atoms with E-state index < -0.39 is 11.6 Å². The Morgan fingerprint density at radius 2 is 2.18 bits per heavy atom. The largest absolute Gasteiger partial charge is 0.315 e. The molecule has 0 radical (unpaired) electrons. The molecule has 1 aliphatic rings. The van der Waals surface area contributed by atoms with E-state index in [0.717, 1.165) is 25.6 Å². The van der Waals surface area contributed by atoms with E-state index in [2.05, 4.69) is 10.2 Å². The molecule has 1 aromatic rings. The quantitative estimate of drug-likeness (QED) is 0.872. The van der Waals surface area contributed by atoms with E-state index >= 15 is 0 Å². The lowest BCUT2D eigenvalue weighted by Gasteiger charge is -2.30. The molecular formula is C13H18F2N2. The predicted octanol–water partition coefficient (Wildman–Crippen LogP) is 2.32. The number of nitrogens with one attached hydrogen (secondary N) is 1. The van der Waals surface area contributed by atoms with Crippen LogP contribution in [0.3, 0.4) is 0 Å². The second-order valence-corrected chi connectivity index (χ2v) is 4.63. The second-order valence-electron chi connectivity index (χ2n) is 4.63. The Labute approximate surface area is 101 Å². The first-order valence-corrected chi connectivity index (χ1v) is 5.98. The van der Waals surface area contributed by atoms with Crippen LogP contribution in [0.25, 0.3) is 0 Å². The van der Waals surface area contributed by atoms with Crippen LogP contribution in [-0.4, -0.2) is 31.1 Å². The van der Waals surface area contributed by atoms with Crippen molar-refractivity contribution in [1.82, 2.24) is 10.2 Å². The van der Waals surface area contributed by atoms with Crippen LogP contribution in [0.2, 0.25) is 0 Å². The minimum atomic E-state index is -0.771. The highest BCUT2D eigenvalue weighted by Crippen LogP contribution is 2.26. The summed E-state index contributed by atoms with van der Waals surface area (Å²) in [5, 5.41) is 3.28. The SMILES string of the molecule is CC(c1cccc(F)c1F)N(C)C1CCNC1. The van der Waals surface area contributed by atoms with E-state index in [9.17, 15) is 8.78 Å². The van der Waals surface area contributed by atoms with Crippen molar-refractivity contribution in [2.45, 2.75) is 25.4 Å². The van der Waals surface area contributed by atoms with Crippen LogP contribution in [0, 0.1) is 11.6 Å². The number of likely N-dealkylation sites (N-methyl/N-ethyl adjacent to an activating group) is 1. The summed E-state index contributed by atoms with van der Waals surface area (Å²) in [6, 6.07) is 4.65. The fourth-order valence-electron chi connectivity index (χ4n) is 2.37.